The molecule has 22 rings (SSSR count). The molecule has 0 bridgehead atoms. The van der Waals surface area contributed by atoms with Gasteiger partial charge in [-0.1, -0.05) is 0 Å². The Hall–Kier alpha value is -16.1. The number of ether oxygens (including phenoxy) is 7. The van der Waals surface area contributed by atoms with Crippen molar-refractivity contribution in [3.63, 3.8) is 0 Å². The van der Waals surface area contributed by atoms with Gasteiger partial charge in [0.15, 0.2) is 0 Å². The van der Waals surface area contributed by atoms with Crippen LogP contribution in [0.1, 0.15) is 88.4 Å². The zero-order valence-corrected chi connectivity index (χ0v) is 85.3. The molecule has 40 nitrogen and oxygen atoms in total. The quantitative estimate of drug-likeness (QED) is 0.0220. The van der Waals surface area contributed by atoms with Crippen molar-refractivity contribution in [2.75, 3.05) is 201 Å². The molecule has 0 spiro atoms. The predicted molar refractivity (Wildman–Crippen MR) is 574 cm³/mol. The van der Waals surface area contributed by atoms with Crippen molar-refractivity contribution in [3.8, 4) is 68.5 Å². The number of carbonyl (C=O) groups is 4. The molecule has 6 saturated heterocycles. The Morgan fingerprint density at radius 3 is 0.953 bits per heavy atom. The van der Waals surface area contributed by atoms with E-state index in [1.54, 1.807) is 94.8 Å². The molecule has 9 N–H and O–H groups in total. The Morgan fingerprint density at radius 2 is 0.647 bits per heavy atom. The minimum atomic E-state index is -0.784. The summed E-state index contributed by atoms with van der Waals surface area (Å²) < 4.78 is 39.8. The predicted octanol–water partition coefficient (Wildman–Crippen LogP) is 14.3. The Labute approximate surface area is 867 Å². The second-order valence-electron chi connectivity index (χ2n) is 38.7. The standard InChI is InChI=1S/C28H31N7O3.C28H33N7O3.C27H29N7O3.C27H31N7O3/c1-34-10-12-35(13-11-34)27(36)26-17-19-16-20(2-3-23(19)32-26)31-28-30-9-5-24(33-28)25-18-22(4-8-29-25)38-21-6-14-37-15-7-21;1-28(2,37)8-15-38-21-6-9-29-24(18-21)23-7-10-30-27(33-23)31-20-4-5-22-19(16-20)17-25(32-22)26(36)35-13-11-34(3)12-14-35;1-33-9-11-34(12-10-33)26(35)25-15-18-14-19(2-3-22(18)31-25)30-27-29-8-5-23(32-27)24-16-20(4-7-28-24)37-21-6-13-36-17-21;1-18(36-3)17-37-21-6-8-28-24(16-21)23-7-9-29-27(32-23)30-20-4-5-22-19(14-20)15-25(31-22)26(35)34-12-10-33(2)11-13-34/h2-5,8-9,16-18,21,32H,6-7,10-15H2,1H3,(H,30,31,33);4-7,9-10,16-18,32,37H,8,11-15H2,1-3H3,(H,30,31,33);2-5,7-8,14-16,21,31H,6,9-13,17H2,1H3,(H,29,30,32);4-9,14-16,18,31H,10-13,17H2,1-3H3,(H,29,30,32)/t;;21-;/m..0./s1. The van der Waals surface area contributed by atoms with E-state index in [0.29, 0.717) is 130 Å². The number of hydrogen-bond acceptors (Lipinski definition) is 32. The number of benzene rings is 4. The summed E-state index contributed by atoms with van der Waals surface area (Å²) in [4.78, 5) is 135. The van der Waals surface area contributed by atoms with E-state index in [4.69, 9.17) is 33.2 Å². The second-order valence-corrected chi connectivity index (χ2v) is 38.7. The minimum Gasteiger partial charge on any atom is -0.493 e. The molecule has 40 heteroatoms. The van der Waals surface area contributed by atoms with Crippen LogP contribution in [0, 0.1) is 0 Å². The first kappa shape index (κ1) is 103. The van der Waals surface area contributed by atoms with E-state index >= 15 is 0 Å². The smallest absolute Gasteiger partial charge is 0.270 e. The van der Waals surface area contributed by atoms with Gasteiger partial charge in [-0.15, -0.1) is 0 Å². The molecular formula is C110H124N28O12. The Balaban J connectivity index is 0.000000125. The molecule has 0 saturated carbocycles. The average Bonchev–Trinajstić information content (AvgIpc) is 1.66. The number of nitrogens with zero attached hydrogens (tertiary/aromatic N) is 20. The monoisotopic (exact) mass is 2030 g/mol. The number of rotatable bonds is 28. The van der Waals surface area contributed by atoms with Gasteiger partial charge < -0.3 is 119 Å². The Bertz CT molecular complexity index is 7360. The molecule has 16 aromatic rings. The van der Waals surface area contributed by atoms with Gasteiger partial charge in [0.25, 0.3) is 23.6 Å². The van der Waals surface area contributed by atoms with Crippen LogP contribution in [0.5, 0.6) is 23.0 Å². The number of carbonyl (C=O) groups excluding carboxylic acids is 4. The van der Waals surface area contributed by atoms with Crippen molar-refractivity contribution in [1.82, 2.24) is 119 Å². The Kier molecular flexibility index (Phi) is 32.7. The van der Waals surface area contributed by atoms with Gasteiger partial charge in [0, 0.05) is 278 Å². The fraction of sp³-hybridized carbons (Fsp3) is 0.345. The van der Waals surface area contributed by atoms with Crippen LogP contribution >= 0.6 is 0 Å². The molecule has 4 amide bonds. The summed E-state index contributed by atoms with van der Waals surface area (Å²) in [7, 11) is 9.96. The minimum absolute atomic E-state index is 0.00943. The molecule has 6 fully saturated rings. The van der Waals surface area contributed by atoms with Gasteiger partial charge in [-0.05, 0) is 195 Å². The summed E-state index contributed by atoms with van der Waals surface area (Å²) in [6.07, 6.45) is 17.0. The van der Waals surface area contributed by atoms with Gasteiger partial charge in [0.2, 0.25) is 23.8 Å². The van der Waals surface area contributed by atoms with Crippen LogP contribution in [0.3, 0.4) is 0 Å². The van der Waals surface area contributed by atoms with E-state index in [2.05, 4.69) is 149 Å². The lowest BCUT2D eigenvalue weighted by Crippen LogP contribution is -2.47. The molecule has 1 unspecified atom stereocenters. The molecule has 0 aliphatic carbocycles. The van der Waals surface area contributed by atoms with Crippen molar-refractivity contribution < 1.29 is 57.4 Å². The molecule has 150 heavy (non-hydrogen) atoms. The lowest BCUT2D eigenvalue weighted by Gasteiger charge is -2.32. The fourth-order valence-corrected chi connectivity index (χ4v) is 17.8. The number of hydrogen-bond donors (Lipinski definition) is 9. The lowest BCUT2D eigenvalue weighted by molar-refractivity contribution is 0.0255. The molecule has 6 aliphatic rings. The largest absolute Gasteiger partial charge is 0.493 e. The average molecular weight is 2030 g/mol. The number of pyridine rings is 4. The molecule has 6 aliphatic heterocycles. The first-order valence-electron chi connectivity index (χ1n) is 50.6. The van der Waals surface area contributed by atoms with Gasteiger partial charge in [0.05, 0.1) is 90.3 Å². The zero-order valence-electron chi connectivity index (χ0n) is 85.3. The highest BCUT2D eigenvalue weighted by Crippen LogP contribution is 2.34. The number of aromatic amines is 4. The highest BCUT2D eigenvalue weighted by atomic mass is 16.5. The van der Waals surface area contributed by atoms with Gasteiger partial charge >= 0.3 is 0 Å². The van der Waals surface area contributed by atoms with E-state index in [0.717, 1.165) is 222 Å². The van der Waals surface area contributed by atoms with Gasteiger partial charge in [-0.2, -0.15) is 0 Å². The number of aliphatic hydroxyl groups is 1. The van der Waals surface area contributed by atoms with Crippen LogP contribution < -0.4 is 40.2 Å². The highest BCUT2D eigenvalue weighted by Gasteiger charge is 2.30. The fourth-order valence-electron chi connectivity index (χ4n) is 17.8. The topological polar surface area (TPSA) is 445 Å². The normalized spacial score (nSPS) is 16.2. The van der Waals surface area contributed by atoms with Crippen LogP contribution in [0.25, 0.3) is 89.2 Å². The summed E-state index contributed by atoms with van der Waals surface area (Å²) in [6, 6.07) is 53.1. The van der Waals surface area contributed by atoms with E-state index in [-0.39, 0.29) is 41.9 Å². The summed E-state index contributed by atoms with van der Waals surface area (Å²) in [5.41, 5.74) is 14.0. The van der Waals surface area contributed by atoms with Gasteiger partial charge in [0.1, 0.15) is 64.6 Å². The summed E-state index contributed by atoms with van der Waals surface area (Å²) in [5.74, 6) is 4.80. The number of H-pyrrole nitrogens is 4. The number of anilines is 8. The van der Waals surface area contributed by atoms with Crippen molar-refractivity contribution in [1.29, 1.82) is 0 Å². The molecular weight excluding hydrogens is 1910 g/mol. The van der Waals surface area contributed by atoms with E-state index in [1.807, 2.05) is 172 Å². The van der Waals surface area contributed by atoms with Crippen LogP contribution in [-0.4, -0.2) is 351 Å². The van der Waals surface area contributed by atoms with Crippen LogP contribution in [0.15, 0.2) is 219 Å². The third kappa shape index (κ3) is 27.1. The van der Waals surface area contributed by atoms with Crippen molar-refractivity contribution >= 4 is 114 Å². The molecule has 4 aromatic carbocycles. The third-order valence-corrected chi connectivity index (χ3v) is 26.7. The van der Waals surface area contributed by atoms with Crippen LogP contribution in [0.4, 0.5) is 46.5 Å². The maximum Gasteiger partial charge on any atom is 0.270 e. The van der Waals surface area contributed by atoms with Crippen molar-refractivity contribution in [3.05, 3.63) is 242 Å². The van der Waals surface area contributed by atoms with E-state index in [9.17, 15) is 24.3 Å². The molecule has 2 atom stereocenters. The Morgan fingerprint density at radius 1 is 0.360 bits per heavy atom. The van der Waals surface area contributed by atoms with Crippen molar-refractivity contribution in [2.45, 2.75) is 70.4 Å². The van der Waals surface area contributed by atoms with Crippen LogP contribution in [0.2, 0.25) is 0 Å². The SMILES string of the molecule is CN1CCN(C(=O)c2cc3cc(Nc4nccc(-c5cc(OC6CCOCC6)ccn5)n4)ccc3[nH]2)CC1.CN1CCN(C(=O)c2cc3cc(Nc4nccc(-c5cc(OCCC(C)(C)O)ccn5)n4)ccc3[nH]2)CC1.CN1CCN(C(=O)c2cc3cc(Nc4nccc(-c5cc(O[C@H]6CCOC6)ccn5)n4)ccc3[nH]2)CC1.COC(C)COc1ccnc(-c2ccnc(Nc3ccc4[nH]c(C(=O)N5CCN(C)CC5)cc4c3)n2)c1. The van der Waals surface area contributed by atoms with E-state index < -0.39 is 5.60 Å². The summed E-state index contributed by atoms with van der Waals surface area (Å²) in [5, 5.41) is 26.7. The summed E-state index contributed by atoms with van der Waals surface area (Å²) >= 11 is 0. The molecule has 18 heterocycles. The lowest BCUT2D eigenvalue weighted by atomic mass is 10.1. The number of amides is 4. The third-order valence-electron chi connectivity index (χ3n) is 26.7. The van der Waals surface area contributed by atoms with Gasteiger partial charge in [-0.3, -0.25) is 39.1 Å². The first-order chi connectivity index (χ1) is 72.9. The number of nitrogens with one attached hydrogen (secondary N) is 8. The molecule has 12 aromatic heterocycles. The number of aromatic nitrogens is 16. The number of piperazine rings is 4. The number of fused-ring (bicyclic) bond motifs is 4. The first-order valence-corrected chi connectivity index (χ1v) is 50.6. The maximum atomic E-state index is 13.0. The molecule has 0 radical (unpaired) electrons. The van der Waals surface area contributed by atoms with Gasteiger partial charge in [-0.25, -0.2) is 39.9 Å². The number of methoxy groups -OCH3 is 1. The maximum absolute atomic E-state index is 13.0. The van der Waals surface area contributed by atoms with E-state index in [1.165, 1.54) is 0 Å². The zero-order chi connectivity index (χ0) is 104. The molecule has 776 valence electrons. The summed E-state index contributed by atoms with van der Waals surface area (Å²) in [6.45, 7) is 22.1. The van der Waals surface area contributed by atoms with Crippen molar-refractivity contribution in [2.24, 2.45) is 0 Å². The highest BCUT2D eigenvalue weighted by molar-refractivity contribution is 6.02. The van der Waals surface area contributed by atoms with Crippen LogP contribution in [-0.2, 0) is 14.2 Å². The second kappa shape index (κ2) is 47.8. The number of likely N-dealkylation sites (N-methyl/N-ethyl adjacent to an activating group) is 4.